The molecule has 0 unspecified atom stereocenters. The molecule has 36 heavy (non-hydrogen) atoms. The van der Waals surface area contributed by atoms with E-state index in [-0.39, 0.29) is 28.6 Å². The van der Waals surface area contributed by atoms with E-state index >= 15 is 0 Å². The number of aromatic nitrogens is 2. The van der Waals surface area contributed by atoms with Crippen LogP contribution in [0.1, 0.15) is 48.1 Å². The molecule has 0 saturated heterocycles. The lowest BCUT2D eigenvalue weighted by atomic mass is 10.0. The zero-order chi connectivity index (χ0) is 27.4. The van der Waals surface area contributed by atoms with Crippen LogP contribution in [-0.2, 0) is 27.7 Å². The standard InChI is InChI=1S/C23H30ClFN4O6S/c1-14-17(11-15-7-8-19(18(24)12-15)36(33,34)28(5)6)20(21(30)31)29(27-14)13-16(25)9-10-26-22(32)35-23(2,3)4/h7-9,12H,10-11,13H2,1-6H3,(H,26,32)(H,30,31)/b16-9-. The number of hydrogen-bond acceptors (Lipinski definition) is 6. The number of nitrogens with one attached hydrogen (secondary N) is 1. The van der Waals surface area contributed by atoms with E-state index in [0.29, 0.717) is 16.8 Å². The molecule has 1 aromatic carbocycles. The van der Waals surface area contributed by atoms with Crippen molar-refractivity contribution in [3.05, 3.63) is 57.6 Å². The van der Waals surface area contributed by atoms with E-state index in [9.17, 15) is 27.5 Å². The highest BCUT2D eigenvalue weighted by atomic mass is 35.5. The van der Waals surface area contributed by atoms with Crippen molar-refractivity contribution in [1.82, 2.24) is 19.4 Å². The number of allylic oxidation sites excluding steroid dienone is 1. The van der Waals surface area contributed by atoms with Gasteiger partial charge in [-0.2, -0.15) is 5.10 Å². The number of carboxylic acid groups (broad SMARTS) is 1. The third-order valence-electron chi connectivity index (χ3n) is 4.86. The summed E-state index contributed by atoms with van der Waals surface area (Å²) >= 11 is 6.21. The van der Waals surface area contributed by atoms with Gasteiger partial charge in [0.2, 0.25) is 10.0 Å². The summed E-state index contributed by atoms with van der Waals surface area (Å²) in [5, 5.41) is 16.3. The number of nitrogens with zero attached hydrogens (tertiary/aromatic N) is 3. The van der Waals surface area contributed by atoms with Gasteiger partial charge >= 0.3 is 12.1 Å². The molecule has 2 rings (SSSR count). The Kier molecular flexibility index (Phi) is 9.27. The first-order valence-electron chi connectivity index (χ1n) is 10.8. The van der Waals surface area contributed by atoms with Gasteiger partial charge in [0.25, 0.3) is 0 Å². The molecular weight excluding hydrogens is 515 g/mol. The predicted octanol–water partition coefficient (Wildman–Crippen LogP) is 3.76. The molecule has 0 atom stereocenters. The first-order valence-corrected chi connectivity index (χ1v) is 12.7. The van der Waals surface area contributed by atoms with Gasteiger partial charge in [-0.05, 0) is 51.5 Å². The average Bonchev–Trinajstić information content (AvgIpc) is 3.01. The number of alkyl carbamates (subject to hydrolysis) is 1. The van der Waals surface area contributed by atoms with Gasteiger partial charge in [-0.25, -0.2) is 26.7 Å². The smallest absolute Gasteiger partial charge is 0.407 e. The van der Waals surface area contributed by atoms with Crippen molar-refractivity contribution < 1.29 is 32.2 Å². The number of aryl methyl sites for hydroxylation is 1. The fourth-order valence-corrected chi connectivity index (χ4v) is 4.65. The number of hydrogen-bond donors (Lipinski definition) is 2. The van der Waals surface area contributed by atoms with E-state index in [1.165, 1.54) is 32.3 Å². The van der Waals surface area contributed by atoms with Crippen LogP contribution in [-0.4, -0.2) is 65.9 Å². The van der Waals surface area contributed by atoms with Crippen LogP contribution < -0.4 is 5.32 Å². The summed E-state index contributed by atoms with van der Waals surface area (Å²) in [7, 11) is -0.977. The van der Waals surface area contributed by atoms with Crippen molar-refractivity contribution in [3.8, 4) is 0 Å². The molecule has 0 aliphatic rings. The molecule has 1 amide bonds. The molecule has 13 heteroatoms. The number of rotatable bonds is 9. The van der Waals surface area contributed by atoms with Gasteiger partial charge in [0, 0.05) is 32.6 Å². The monoisotopic (exact) mass is 544 g/mol. The van der Waals surface area contributed by atoms with Crippen LogP contribution in [0.25, 0.3) is 0 Å². The Balaban J connectivity index is 2.24. The number of amides is 1. The number of ether oxygens (including phenoxy) is 1. The van der Waals surface area contributed by atoms with Crippen LogP contribution in [0.15, 0.2) is 35.0 Å². The molecular formula is C23H30ClFN4O6S. The van der Waals surface area contributed by atoms with Crippen molar-refractivity contribution in [2.24, 2.45) is 0 Å². The number of carboxylic acids is 1. The van der Waals surface area contributed by atoms with Crippen LogP contribution in [0.4, 0.5) is 9.18 Å². The van der Waals surface area contributed by atoms with E-state index in [2.05, 4.69) is 10.4 Å². The van der Waals surface area contributed by atoms with Gasteiger partial charge in [0.05, 0.1) is 17.3 Å². The fraction of sp³-hybridized carbons (Fsp3) is 0.435. The molecule has 1 aromatic heterocycles. The summed E-state index contributed by atoms with van der Waals surface area (Å²) in [6, 6.07) is 4.34. The van der Waals surface area contributed by atoms with Crippen molar-refractivity contribution in [1.29, 1.82) is 0 Å². The minimum absolute atomic E-state index is 0.00501. The summed E-state index contributed by atoms with van der Waals surface area (Å²) in [5.74, 6) is -2.01. The molecule has 0 aliphatic heterocycles. The number of sulfonamides is 1. The highest BCUT2D eigenvalue weighted by molar-refractivity contribution is 7.89. The molecule has 1 heterocycles. The maximum atomic E-state index is 14.5. The predicted molar refractivity (Wildman–Crippen MR) is 132 cm³/mol. The van der Waals surface area contributed by atoms with Gasteiger partial charge in [0.15, 0.2) is 5.69 Å². The van der Waals surface area contributed by atoms with Crippen molar-refractivity contribution in [2.75, 3.05) is 20.6 Å². The number of halogens is 2. The minimum Gasteiger partial charge on any atom is -0.477 e. The molecule has 0 saturated carbocycles. The molecule has 0 fully saturated rings. The summed E-state index contributed by atoms with van der Waals surface area (Å²) < 4.78 is 46.4. The molecule has 2 aromatic rings. The van der Waals surface area contributed by atoms with Crippen LogP contribution in [0.3, 0.4) is 0 Å². The third-order valence-corrected chi connectivity index (χ3v) is 7.16. The van der Waals surface area contributed by atoms with Crippen molar-refractivity contribution in [3.63, 3.8) is 0 Å². The highest BCUT2D eigenvalue weighted by Crippen LogP contribution is 2.27. The molecule has 2 N–H and O–H groups in total. The SMILES string of the molecule is Cc1nn(C/C(F)=C/CNC(=O)OC(C)(C)C)c(C(=O)O)c1Cc1ccc(S(=O)(=O)N(C)C)c(Cl)c1. The normalized spacial score (nSPS) is 12.6. The second-order valence-corrected chi connectivity index (χ2v) is 11.7. The largest absolute Gasteiger partial charge is 0.477 e. The van der Waals surface area contributed by atoms with Gasteiger partial charge in [-0.15, -0.1) is 0 Å². The second kappa shape index (κ2) is 11.4. The maximum Gasteiger partial charge on any atom is 0.407 e. The zero-order valence-corrected chi connectivity index (χ0v) is 22.5. The number of carbonyl (C=O) groups excluding carboxylic acids is 1. The van der Waals surface area contributed by atoms with E-state index in [0.717, 1.165) is 15.1 Å². The van der Waals surface area contributed by atoms with Crippen molar-refractivity contribution in [2.45, 2.75) is 51.2 Å². The van der Waals surface area contributed by atoms with E-state index in [4.69, 9.17) is 16.3 Å². The van der Waals surface area contributed by atoms with Gasteiger partial charge in [-0.1, -0.05) is 17.7 Å². The lowest BCUT2D eigenvalue weighted by molar-refractivity contribution is 0.0533. The maximum absolute atomic E-state index is 14.5. The fourth-order valence-electron chi connectivity index (χ4n) is 3.22. The Morgan fingerprint density at radius 3 is 2.47 bits per heavy atom. The molecule has 0 spiro atoms. The van der Waals surface area contributed by atoms with E-state index in [1.807, 2.05) is 0 Å². The molecule has 0 aliphatic carbocycles. The average molecular weight is 545 g/mol. The summed E-state index contributed by atoms with van der Waals surface area (Å²) in [4.78, 5) is 23.6. The number of benzene rings is 1. The van der Waals surface area contributed by atoms with E-state index in [1.54, 1.807) is 27.7 Å². The minimum atomic E-state index is -3.75. The number of aromatic carboxylic acids is 1. The third kappa shape index (κ3) is 7.52. The quantitative estimate of drug-likeness (QED) is 0.491. The van der Waals surface area contributed by atoms with Crippen LogP contribution in [0, 0.1) is 6.92 Å². The van der Waals surface area contributed by atoms with Crippen molar-refractivity contribution >= 4 is 33.7 Å². The van der Waals surface area contributed by atoms with Crippen LogP contribution in [0.5, 0.6) is 0 Å². The van der Waals surface area contributed by atoms with Crippen LogP contribution in [0.2, 0.25) is 5.02 Å². The zero-order valence-electron chi connectivity index (χ0n) is 20.9. The summed E-state index contributed by atoms with van der Waals surface area (Å²) in [5.41, 5.74) is 0.351. The van der Waals surface area contributed by atoms with Crippen LogP contribution >= 0.6 is 11.6 Å². The first kappa shape index (κ1) is 29.3. The first-order chi connectivity index (χ1) is 16.5. The summed E-state index contributed by atoms with van der Waals surface area (Å²) in [6.07, 6.45) is 0.467. The summed E-state index contributed by atoms with van der Waals surface area (Å²) in [6.45, 7) is 6.07. The Hall–Kier alpha value is -2.96. The Labute approximate surface area is 214 Å². The molecule has 198 valence electrons. The van der Waals surface area contributed by atoms with Gasteiger partial charge in [0.1, 0.15) is 16.3 Å². The molecule has 0 radical (unpaired) electrons. The van der Waals surface area contributed by atoms with Gasteiger partial charge in [-0.3, -0.25) is 4.68 Å². The Bertz CT molecular complexity index is 1280. The highest BCUT2D eigenvalue weighted by Gasteiger charge is 2.24. The molecule has 10 nitrogen and oxygen atoms in total. The second-order valence-electron chi connectivity index (χ2n) is 9.14. The Morgan fingerprint density at radius 2 is 1.94 bits per heavy atom. The van der Waals surface area contributed by atoms with Gasteiger partial charge < -0.3 is 15.2 Å². The number of carbonyl (C=O) groups is 2. The topological polar surface area (TPSA) is 131 Å². The molecule has 0 bridgehead atoms. The lowest BCUT2D eigenvalue weighted by Gasteiger charge is -2.19. The Morgan fingerprint density at radius 1 is 1.31 bits per heavy atom. The lowest BCUT2D eigenvalue weighted by Crippen LogP contribution is -2.32. The van der Waals surface area contributed by atoms with E-state index < -0.39 is 40.1 Å².